The molecule has 19 heavy (non-hydrogen) atoms. The van der Waals surface area contributed by atoms with Crippen LogP contribution in [0.1, 0.15) is 16.7 Å². The first kappa shape index (κ1) is 14.0. The maximum absolute atomic E-state index is 13.3. The van der Waals surface area contributed by atoms with E-state index in [1.54, 1.807) is 12.1 Å². The second kappa shape index (κ2) is 5.70. The number of halogens is 3. The van der Waals surface area contributed by atoms with E-state index in [-0.39, 0.29) is 11.6 Å². The van der Waals surface area contributed by atoms with E-state index in [0.717, 1.165) is 22.4 Å². The molecule has 2 aromatic carbocycles. The van der Waals surface area contributed by atoms with Gasteiger partial charge in [0.15, 0.2) is 0 Å². The zero-order valence-electron chi connectivity index (χ0n) is 10.7. The number of rotatable bonds is 3. The molecule has 0 aromatic heterocycles. The van der Waals surface area contributed by atoms with E-state index in [9.17, 15) is 8.78 Å². The Labute approximate surface area is 119 Å². The Morgan fingerprint density at radius 1 is 1.05 bits per heavy atom. The van der Waals surface area contributed by atoms with Crippen molar-refractivity contribution in [1.29, 1.82) is 0 Å². The van der Waals surface area contributed by atoms with Crippen molar-refractivity contribution >= 4 is 21.6 Å². The van der Waals surface area contributed by atoms with Crippen LogP contribution in [0.3, 0.4) is 0 Å². The molecule has 0 unspecified atom stereocenters. The van der Waals surface area contributed by atoms with Gasteiger partial charge in [0.05, 0.1) is 4.47 Å². The third-order valence-corrected chi connectivity index (χ3v) is 3.65. The summed E-state index contributed by atoms with van der Waals surface area (Å²) >= 11 is 3.17. The fraction of sp³-hybridized carbons (Fsp3) is 0.200. The van der Waals surface area contributed by atoms with Gasteiger partial charge in [0.1, 0.15) is 11.6 Å². The standard InChI is InChI=1S/C15H14BrF2N/c1-9-5-12(17)4-3-11(9)8-19-15-7-13(16)14(18)6-10(15)2/h3-7,19H,8H2,1-2H3. The van der Waals surface area contributed by atoms with Gasteiger partial charge in [-0.3, -0.25) is 0 Å². The Morgan fingerprint density at radius 2 is 1.79 bits per heavy atom. The molecule has 2 aromatic rings. The molecule has 0 saturated heterocycles. The summed E-state index contributed by atoms with van der Waals surface area (Å²) < 4.78 is 26.7. The van der Waals surface area contributed by atoms with Gasteiger partial charge in [0.25, 0.3) is 0 Å². The number of nitrogens with one attached hydrogen (secondary N) is 1. The van der Waals surface area contributed by atoms with Gasteiger partial charge < -0.3 is 5.32 Å². The summed E-state index contributed by atoms with van der Waals surface area (Å²) in [7, 11) is 0. The van der Waals surface area contributed by atoms with Crippen LogP contribution >= 0.6 is 15.9 Å². The fourth-order valence-corrected chi connectivity index (χ4v) is 2.23. The Morgan fingerprint density at radius 3 is 2.47 bits per heavy atom. The molecule has 0 spiro atoms. The molecule has 1 nitrogen and oxygen atoms in total. The SMILES string of the molecule is Cc1cc(F)ccc1CNc1cc(Br)c(F)cc1C. The monoisotopic (exact) mass is 325 g/mol. The van der Waals surface area contributed by atoms with E-state index in [1.807, 2.05) is 13.8 Å². The minimum absolute atomic E-state index is 0.234. The molecule has 0 amide bonds. The average Bonchev–Trinajstić information content (AvgIpc) is 2.34. The van der Waals surface area contributed by atoms with Crippen molar-refractivity contribution in [3.63, 3.8) is 0 Å². The molecule has 2 rings (SSSR count). The van der Waals surface area contributed by atoms with Gasteiger partial charge in [-0.15, -0.1) is 0 Å². The maximum Gasteiger partial charge on any atom is 0.137 e. The van der Waals surface area contributed by atoms with Crippen molar-refractivity contribution in [3.8, 4) is 0 Å². The Kier molecular flexibility index (Phi) is 4.20. The van der Waals surface area contributed by atoms with Gasteiger partial charge in [0.2, 0.25) is 0 Å². The van der Waals surface area contributed by atoms with Crippen LogP contribution in [-0.2, 0) is 6.54 Å². The highest BCUT2D eigenvalue weighted by Gasteiger charge is 2.06. The zero-order valence-corrected chi connectivity index (χ0v) is 12.3. The quantitative estimate of drug-likeness (QED) is 0.841. The fourth-order valence-electron chi connectivity index (χ4n) is 1.88. The van der Waals surface area contributed by atoms with E-state index in [1.165, 1.54) is 18.2 Å². The van der Waals surface area contributed by atoms with Crippen molar-refractivity contribution in [1.82, 2.24) is 0 Å². The molecule has 0 saturated carbocycles. The first-order valence-electron chi connectivity index (χ1n) is 5.92. The van der Waals surface area contributed by atoms with Gasteiger partial charge >= 0.3 is 0 Å². The Balaban J connectivity index is 2.16. The second-order valence-corrected chi connectivity index (χ2v) is 5.36. The van der Waals surface area contributed by atoms with Crippen LogP contribution in [-0.4, -0.2) is 0 Å². The smallest absolute Gasteiger partial charge is 0.137 e. The van der Waals surface area contributed by atoms with E-state index < -0.39 is 0 Å². The molecule has 0 atom stereocenters. The summed E-state index contributed by atoms with van der Waals surface area (Å²) in [6.45, 7) is 4.29. The molecule has 100 valence electrons. The predicted molar refractivity (Wildman–Crippen MR) is 77.3 cm³/mol. The zero-order chi connectivity index (χ0) is 14.0. The molecule has 0 radical (unpaired) electrons. The van der Waals surface area contributed by atoms with Crippen LogP contribution in [0.4, 0.5) is 14.5 Å². The largest absolute Gasteiger partial charge is 0.381 e. The summed E-state index contributed by atoms with van der Waals surface area (Å²) in [6.07, 6.45) is 0. The summed E-state index contributed by atoms with van der Waals surface area (Å²) in [5, 5.41) is 3.24. The molecular weight excluding hydrogens is 312 g/mol. The maximum atomic E-state index is 13.3. The molecule has 4 heteroatoms. The van der Waals surface area contributed by atoms with Gasteiger partial charge in [-0.2, -0.15) is 0 Å². The number of benzene rings is 2. The van der Waals surface area contributed by atoms with Crippen molar-refractivity contribution in [3.05, 3.63) is 63.1 Å². The van der Waals surface area contributed by atoms with Crippen LogP contribution in [0.15, 0.2) is 34.8 Å². The van der Waals surface area contributed by atoms with E-state index in [2.05, 4.69) is 21.2 Å². The molecule has 0 bridgehead atoms. The van der Waals surface area contributed by atoms with Gasteiger partial charge in [-0.1, -0.05) is 6.07 Å². The predicted octanol–water partition coefficient (Wildman–Crippen LogP) is 4.96. The highest BCUT2D eigenvalue weighted by Crippen LogP contribution is 2.25. The summed E-state index contributed by atoms with van der Waals surface area (Å²) in [4.78, 5) is 0. The van der Waals surface area contributed by atoms with Crippen LogP contribution in [0, 0.1) is 25.5 Å². The highest BCUT2D eigenvalue weighted by molar-refractivity contribution is 9.10. The molecule has 0 aliphatic heterocycles. The molecule has 0 fully saturated rings. The number of anilines is 1. The van der Waals surface area contributed by atoms with Crippen molar-refractivity contribution in [2.75, 3.05) is 5.32 Å². The van der Waals surface area contributed by atoms with Crippen LogP contribution in [0.25, 0.3) is 0 Å². The Bertz CT molecular complexity index is 611. The first-order chi connectivity index (χ1) is 8.97. The first-order valence-corrected chi connectivity index (χ1v) is 6.71. The highest BCUT2D eigenvalue weighted by atomic mass is 79.9. The molecular formula is C15H14BrF2N. The van der Waals surface area contributed by atoms with E-state index >= 15 is 0 Å². The van der Waals surface area contributed by atoms with Crippen molar-refractivity contribution in [2.45, 2.75) is 20.4 Å². The van der Waals surface area contributed by atoms with Crippen molar-refractivity contribution < 1.29 is 8.78 Å². The van der Waals surface area contributed by atoms with Gasteiger partial charge in [-0.05, 0) is 70.7 Å². The van der Waals surface area contributed by atoms with E-state index in [0.29, 0.717) is 11.0 Å². The van der Waals surface area contributed by atoms with Crippen LogP contribution in [0.2, 0.25) is 0 Å². The summed E-state index contributed by atoms with van der Waals surface area (Å²) in [5.74, 6) is -0.511. The number of aryl methyl sites for hydroxylation is 2. The number of hydrogen-bond donors (Lipinski definition) is 1. The minimum Gasteiger partial charge on any atom is -0.381 e. The molecule has 0 aliphatic rings. The van der Waals surface area contributed by atoms with E-state index in [4.69, 9.17) is 0 Å². The lowest BCUT2D eigenvalue weighted by atomic mass is 10.1. The summed E-state index contributed by atoms with van der Waals surface area (Å²) in [5.41, 5.74) is 3.60. The lowest BCUT2D eigenvalue weighted by molar-refractivity contribution is 0.620. The Hall–Kier alpha value is -1.42. The average molecular weight is 326 g/mol. The topological polar surface area (TPSA) is 12.0 Å². The summed E-state index contributed by atoms with van der Waals surface area (Å²) in [6, 6.07) is 7.89. The molecule has 1 N–H and O–H groups in total. The van der Waals surface area contributed by atoms with Gasteiger partial charge in [-0.25, -0.2) is 8.78 Å². The van der Waals surface area contributed by atoms with Crippen LogP contribution in [0.5, 0.6) is 0 Å². The van der Waals surface area contributed by atoms with Crippen molar-refractivity contribution in [2.24, 2.45) is 0 Å². The van der Waals surface area contributed by atoms with Gasteiger partial charge in [0, 0.05) is 12.2 Å². The molecule has 0 aliphatic carbocycles. The minimum atomic E-state index is -0.277. The second-order valence-electron chi connectivity index (χ2n) is 4.51. The normalized spacial score (nSPS) is 10.6. The third kappa shape index (κ3) is 3.32. The third-order valence-electron chi connectivity index (χ3n) is 3.04. The molecule has 0 heterocycles. The lowest BCUT2D eigenvalue weighted by Gasteiger charge is -2.12. The van der Waals surface area contributed by atoms with Crippen LogP contribution < -0.4 is 5.32 Å². The lowest BCUT2D eigenvalue weighted by Crippen LogP contribution is -2.03. The number of hydrogen-bond acceptors (Lipinski definition) is 1.